The molecule has 134 valence electrons. The fraction of sp³-hybridized carbons (Fsp3) is 0.500. The van der Waals surface area contributed by atoms with Crippen molar-refractivity contribution in [3.63, 3.8) is 0 Å². The molecule has 2 N–H and O–H groups in total. The summed E-state index contributed by atoms with van der Waals surface area (Å²) in [4.78, 5) is 35.5. The zero-order valence-electron chi connectivity index (χ0n) is 14.2. The van der Waals surface area contributed by atoms with E-state index in [1.807, 2.05) is 12.3 Å². The van der Waals surface area contributed by atoms with Crippen LogP contribution in [0.4, 0.5) is 10.3 Å². The summed E-state index contributed by atoms with van der Waals surface area (Å²) in [6, 6.07) is 0.108. The molecular formula is C16H21N5O2S2. The van der Waals surface area contributed by atoms with E-state index in [0.29, 0.717) is 16.8 Å². The number of thiazole rings is 2. The van der Waals surface area contributed by atoms with E-state index >= 15 is 0 Å². The van der Waals surface area contributed by atoms with Gasteiger partial charge in [-0.15, -0.1) is 22.7 Å². The first-order valence-corrected chi connectivity index (χ1v) is 9.90. The summed E-state index contributed by atoms with van der Waals surface area (Å²) in [7, 11) is 0. The molecule has 1 fully saturated rings. The molecular weight excluding hydrogens is 358 g/mol. The fourth-order valence-electron chi connectivity index (χ4n) is 2.92. The molecule has 2 amide bonds. The minimum atomic E-state index is -0.125. The molecule has 25 heavy (non-hydrogen) atoms. The Labute approximate surface area is 154 Å². The second-order valence-electron chi connectivity index (χ2n) is 6.07. The first-order chi connectivity index (χ1) is 12.0. The van der Waals surface area contributed by atoms with Crippen molar-refractivity contribution in [3.8, 4) is 0 Å². The van der Waals surface area contributed by atoms with Crippen molar-refractivity contribution in [2.45, 2.75) is 39.2 Å². The Bertz CT molecular complexity index is 757. The number of amides is 2. The molecule has 0 bridgehead atoms. The van der Waals surface area contributed by atoms with E-state index < -0.39 is 0 Å². The maximum Gasteiger partial charge on any atom is 0.240 e. The molecule has 3 heterocycles. The molecule has 7 nitrogen and oxygen atoms in total. The summed E-state index contributed by atoms with van der Waals surface area (Å²) in [5.41, 5.74) is 0.923. The van der Waals surface area contributed by atoms with Crippen molar-refractivity contribution >= 4 is 44.8 Å². The van der Waals surface area contributed by atoms with Crippen molar-refractivity contribution in [2.24, 2.45) is 0 Å². The third-order valence-electron chi connectivity index (χ3n) is 3.97. The normalized spacial score (nSPS) is 18.1. The Balaban J connectivity index is 1.65. The van der Waals surface area contributed by atoms with E-state index in [9.17, 15) is 9.59 Å². The largest absolute Gasteiger partial charge is 0.302 e. The number of aromatic nitrogens is 2. The van der Waals surface area contributed by atoms with Gasteiger partial charge in [-0.3, -0.25) is 14.5 Å². The van der Waals surface area contributed by atoms with Crippen LogP contribution in [-0.2, 0) is 9.59 Å². The number of nitrogens with zero attached hydrogens (tertiary/aromatic N) is 3. The number of carbonyl (C=O) groups is 2. The fourth-order valence-corrected chi connectivity index (χ4v) is 4.40. The number of hydrogen-bond donors (Lipinski definition) is 2. The van der Waals surface area contributed by atoms with Crippen LogP contribution >= 0.6 is 22.7 Å². The highest BCUT2D eigenvalue weighted by Gasteiger charge is 2.27. The summed E-state index contributed by atoms with van der Waals surface area (Å²) in [6.07, 6.45) is 4.90. The Hall–Kier alpha value is -1.84. The first-order valence-electron chi connectivity index (χ1n) is 8.20. The molecule has 1 aliphatic heterocycles. The van der Waals surface area contributed by atoms with Crippen LogP contribution in [0.15, 0.2) is 11.6 Å². The van der Waals surface area contributed by atoms with E-state index in [1.165, 1.54) is 29.6 Å². The lowest BCUT2D eigenvalue weighted by atomic mass is 10.00. The minimum Gasteiger partial charge on any atom is -0.302 e. The molecule has 0 aliphatic carbocycles. The summed E-state index contributed by atoms with van der Waals surface area (Å²) in [5.74, 6) is -0.182. The summed E-state index contributed by atoms with van der Waals surface area (Å²) < 4.78 is 0. The molecule has 3 rings (SSSR count). The van der Waals surface area contributed by atoms with E-state index in [1.54, 1.807) is 6.20 Å². The molecule has 2 aromatic heterocycles. The van der Waals surface area contributed by atoms with Gasteiger partial charge in [-0.05, 0) is 26.3 Å². The van der Waals surface area contributed by atoms with Crippen LogP contribution in [0.5, 0.6) is 0 Å². The highest BCUT2D eigenvalue weighted by molar-refractivity contribution is 7.15. The monoisotopic (exact) mass is 379 g/mol. The Kier molecular flexibility index (Phi) is 5.77. The van der Waals surface area contributed by atoms with Crippen LogP contribution in [0.25, 0.3) is 0 Å². The summed E-state index contributed by atoms with van der Waals surface area (Å²) in [6.45, 7) is 4.61. The van der Waals surface area contributed by atoms with Gasteiger partial charge in [0.15, 0.2) is 10.3 Å². The number of carbonyl (C=O) groups excluding carboxylic acids is 2. The molecule has 0 radical (unpaired) electrons. The summed E-state index contributed by atoms with van der Waals surface area (Å²) >= 11 is 2.89. The average molecular weight is 380 g/mol. The Morgan fingerprint density at radius 3 is 2.88 bits per heavy atom. The van der Waals surface area contributed by atoms with E-state index in [-0.39, 0.29) is 17.9 Å². The number of piperidine rings is 1. The van der Waals surface area contributed by atoms with Crippen LogP contribution in [0.1, 0.15) is 42.8 Å². The lowest BCUT2D eigenvalue weighted by Crippen LogP contribution is -2.39. The topological polar surface area (TPSA) is 87.2 Å². The molecule has 0 saturated carbocycles. The van der Waals surface area contributed by atoms with Crippen LogP contribution in [0.2, 0.25) is 0 Å². The van der Waals surface area contributed by atoms with Gasteiger partial charge in [0.05, 0.1) is 18.3 Å². The number of hydrogen-bond acceptors (Lipinski definition) is 7. The minimum absolute atomic E-state index is 0.0569. The van der Waals surface area contributed by atoms with Crippen LogP contribution < -0.4 is 10.6 Å². The van der Waals surface area contributed by atoms with Gasteiger partial charge in [-0.1, -0.05) is 6.42 Å². The zero-order chi connectivity index (χ0) is 17.8. The molecule has 9 heteroatoms. The van der Waals surface area contributed by atoms with Crippen molar-refractivity contribution in [3.05, 3.63) is 22.1 Å². The first kappa shape index (κ1) is 18.0. The van der Waals surface area contributed by atoms with Crippen molar-refractivity contribution in [2.75, 3.05) is 23.7 Å². The molecule has 1 unspecified atom stereocenters. The number of aryl methyl sites for hydroxylation is 1. The van der Waals surface area contributed by atoms with Crippen molar-refractivity contribution in [1.29, 1.82) is 0 Å². The van der Waals surface area contributed by atoms with Crippen LogP contribution in [0.3, 0.4) is 0 Å². The van der Waals surface area contributed by atoms with Gasteiger partial charge in [0, 0.05) is 23.4 Å². The third-order valence-corrected chi connectivity index (χ3v) is 5.58. The predicted octanol–water partition coefficient (Wildman–Crippen LogP) is 3.03. The van der Waals surface area contributed by atoms with Gasteiger partial charge in [-0.25, -0.2) is 9.97 Å². The second-order valence-corrected chi connectivity index (χ2v) is 8.16. The van der Waals surface area contributed by atoms with Crippen LogP contribution in [-0.4, -0.2) is 39.8 Å². The molecule has 0 spiro atoms. The standard InChI is InChI=1S/C16H21N5O2S2/c1-10-7-17-15(25-10)20-14(23)8-21-6-4-3-5-13(21)12-9-24-16(19-12)18-11(2)22/h7,9,13H,3-6,8H2,1-2H3,(H,17,20,23)(H,18,19,22). The molecule has 1 saturated heterocycles. The highest BCUT2D eigenvalue weighted by Crippen LogP contribution is 2.32. The van der Waals surface area contributed by atoms with Crippen molar-refractivity contribution < 1.29 is 9.59 Å². The van der Waals surface area contributed by atoms with Crippen molar-refractivity contribution in [1.82, 2.24) is 14.9 Å². The smallest absolute Gasteiger partial charge is 0.240 e. The van der Waals surface area contributed by atoms with Gasteiger partial charge in [0.25, 0.3) is 0 Å². The van der Waals surface area contributed by atoms with Gasteiger partial charge >= 0.3 is 0 Å². The quantitative estimate of drug-likeness (QED) is 0.834. The third kappa shape index (κ3) is 4.83. The average Bonchev–Trinajstić information content (AvgIpc) is 3.16. The summed E-state index contributed by atoms with van der Waals surface area (Å²) in [5, 5.41) is 8.80. The Morgan fingerprint density at radius 2 is 2.16 bits per heavy atom. The lowest BCUT2D eigenvalue weighted by molar-refractivity contribution is -0.118. The van der Waals surface area contributed by atoms with Gasteiger partial charge < -0.3 is 10.6 Å². The number of anilines is 2. The lowest BCUT2D eigenvalue weighted by Gasteiger charge is -2.34. The molecule has 1 aliphatic rings. The van der Waals surface area contributed by atoms with Gasteiger partial charge in [0.2, 0.25) is 11.8 Å². The number of nitrogens with one attached hydrogen (secondary N) is 2. The van der Waals surface area contributed by atoms with Crippen LogP contribution in [0, 0.1) is 6.92 Å². The Morgan fingerprint density at radius 1 is 1.32 bits per heavy atom. The highest BCUT2D eigenvalue weighted by atomic mass is 32.1. The molecule has 0 aromatic carbocycles. The maximum absolute atomic E-state index is 12.4. The molecule has 1 atom stereocenters. The second kappa shape index (κ2) is 8.03. The number of likely N-dealkylation sites (tertiary alicyclic amines) is 1. The number of rotatable bonds is 5. The van der Waals surface area contributed by atoms with E-state index in [0.717, 1.165) is 36.4 Å². The zero-order valence-corrected chi connectivity index (χ0v) is 15.9. The van der Waals surface area contributed by atoms with Gasteiger partial charge in [0.1, 0.15) is 0 Å². The van der Waals surface area contributed by atoms with E-state index in [2.05, 4.69) is 25.5 Å². The SMILES string of the molecule is CC(=O)Nc1nc(C2CCCCN2CC(=O)Nc2ncc(C)s2)cs1. The van der Waals surface area contributed by atoms with E-state index in [4.69, 9.17) is 0 Å². The molecule has 2 aromatic rings. The predicted molar refractivity (Wildman–Crippen MR) is 100 cm³/mol. The van der Waals surface area contributed by atoms with Gasteiger partial charge in [-0.2, -0.15) is 0 Å². The maximum atomic E-state index is 12.4.